The lowest BCUT2D eigenvalue weighted by Gasteiger charge is -2.31. The summed E-state index contributed by atoms with van der Waals surface area (Å²) in [7, 11) is 0. The number of hydrogen-bond acceptors (Lipinski definition) is 5. The van der Waals surface area contributed by atoms with Gasteiger partial charge < -0.3 is 4.90 Å². The van der Waals surface area contributed by atoms with E-state index in [-0.39, 0.29) is 17.6 Å². The minimum Gasteiger partial charge on any atom is -0.337 e. The van der Waals surface area contributed by atoms with E-state index in [4.69, 9.17) is 0 Å². The maximum absolute atomic E-state index is 13.3. The highest BCUT2D eigenvalue weighted by Crippen LogP contribution is 2.26. The van der Waals surface area contributed by atoms with E-state index in [0.29, 0.717) is 24.3 Å². The molecule has 5 rings (SSSR count). The molecule has 7 heteroatoms. The second-order valence-electron chi connectivity index (χ2n) is 7.46. The molecule has 1 unspecified atom stereocenters. The molecule has 1 aliphatic rings. The first kappa shape index (κ1) is 18.7. The van der Waals surface area contributed by atoms with Gasteiger partial charge in [0, 0.05) is 54.1 Å². The van der Waals surface area contributed by atoms with E-state index in [2.05, 4.69) is 9.97 Å². The Morgan fingerprint density at radius 3 is 2.77 bits per heavy atom. The quantitative estimate of drug-likeness (QED) is 0.468. The number of Topliss-reactive ketones (excluding diaryl/α,β-unsaturated/α-hetero) is 1. The third kappa shape index (κ3) is 3.41. The molecule has 0 bridgehead atoms. The number of rotatable bonds is 4. The third-order valence-electron chi connectivity index (χ3n) is 5.52. The first-order valence-electron chi connectivity index (χ1n) is 9.96. The lowest BCUT2D eigenvalue weighted by Crippen LogP contribution is -2.42. The fourth-order valence-electron chi connectivity index (χ4n) is 3.97. The second kappa shape index (κ2) is 7.84. The average molecular weight is 417 g/mol. The van der Waals surface area contributed by atoms with Gasteiger partial charge >= 0.3 is 0 Å². The Labute approximate surface area is 177 Å². The largest absolute Gasteiger partial charge is 0.337 e. The number of imidazole rings is 1. The summed E-state index contributed by atoms with van der Waals surface area (Å²) in [4.78, 5) is 37.4. The van der Waals surface area contributed by atoms with E-state index in [1.54, 1.807) is 29.4 Å². The summed E-state index contributed by atoms with van der Waals surface area (Å²) in [5.74, 6) is -0.185. The van der Waals surface area contributed by atoms with Crippen molar-refractivity contribution in [3.05, 3.63) is 77.7 Å². The van der Waals surface area contributed by atoms with E-state index in [1.165, 1.54) is 11.3 Å². The zero-order valence-electron chi connectivity index (χ0n) is 16.3. The van der Waals surface area contributed by atoms with Crippen LogP contribution in [0.2, 0.25) is 0 Å². The first-order chi connectivity index (χ1) is 14.7. The number of ketones is 1. The van der Waals surface area contributed by atoms with Crippen LogP contribution in [0.25, 0.3) is 16.2 Å². The summed E-state index contributed by atoms with van der Waals surface area (Å²) in [6.45, 7) is 1.09. The van der Waals surface area contributed by atoms with Crippen LogP contribution in [0.4, 0.5) is 0 Å². The molecule has 0 radical (unpaired) electrons. The van der Waals surface area contributed by atoms with Gasteiger partial charge in [0.1, 0.15) is 5.69 Å². The van der Waals surface area contributed by atoms with Crippen molar-refractivity contribution in [1.82, 2.24) is 19.3 Å². The van der Waals surface area contributed by atoms with E-state index < -0.39 is 0 Å². The SMILES string of the molecule is O=C(c1cccnc1)C1CCCN(C(=O)c2csc3nc(-c4ccccc4)cn23)C1. The summed E-state index contributed by atoms with van der Waals surface area (Å²) in [5, 5.41) is 1.85. The number of carbonyl (C=O) groups excluding carboxylic acids is 2. The maximum atomic E-state index is 13.3. The monoisotopic (exact) mass is 416 g/mol. The summed E-state index contributed by atoms with van der Waals surface area (Å²) >= 11 is 1.45. The van der Waals surface area contributed by atoms with Crippen LogP contribution in [0.15, 0.2) is 66.4 Å². The van der Waals surface area contributed by atoms with Crippen molar-refractivity contribution in [1.29, 1.82) is 0 Å². The van der Waals surface area contributed by atoms with Crippen molar-refractivity contribution in [2.45, 2.75) is 12.8 Å². The van der Waals surface area contributed by atoms with Crippen LogP contribution in [0.1, 0.15) is 33.7 Å². The molecule has 0 spiro atoms. The molecule has 4 heterocycles. The minimum atomic E-state index is -0.191. The Bertz CT molecular complexity index is 1200. The van der Waals surface area contributed by atoms with Gasteiger partial charge in [-0.1, -0.05) is 30.3 Å². The molecule has 1 atom stereocenters. The van der Waals surface area contributed by atoms with Crippen LogP contribution in [0.3, 0.4) is 0 Å². The highest BCUT2D eigenvalue weighted by molar-refractivity contribution is 7.15. The van der Waals surface area contributed by atoms with Crippen LogP contribution >= 0.6 is 11.3 Å². The number of aromatic nitrogens is 3. The number of likely N-dealkylation sites (tertiary alicyclic amines) is 1. The van der Waals surface area contributed by atoms with Crippen LogP contribution in [-0.4, -0.2) is 44.0 Å². The predicted octanol–water partition coefficient (Wildman–Crippen LogP) is 4.19. The number of fused-ring (bicyclic) bond motifs is 1. The van der Waals surface area contributed by atoms with Gasteiger partial charge in [0.15, 0.2) is 10.7 Å². The molecule has 1 aromatic carbocycles. The molecule has 1 saturated heterocycles. The highest BCUT2D eigenvalue weighted by Gasteiger charge is 2.30. The van der Waals surface area contributed by atoms with E-state index in [9.17, 15) is 9.59 Å². The van der Waals surface area contributed by atoms with Crippen molar-refractivity contribution < 1.29 is 9.59 Å². The highest BCUT2D eigenvalue weighted by atomic mass is 32.1. The molecule has 1 aliphatic heterocycles. The fraction of sp³-hybridized carbons (Fsp3) is 0.217. The molecule has 30 heavy (non-hydrogen) atoms. The average Bonchev–Trinajstić information content (AvgIpc) is 3.40. The van der Waals surface area contributed by atoms with Crippen LogP contribution in [0, 0.1) is 5.92 Å². The number of carbonyl (C=O) groups is 2. The summed E-state index contributed by atoms with van der Waals surface area (Å²) in [5.41, 5.74) is 3.07. The predicted molar refractivity (Wildman–Crippen MR) is 116 cm³/mol. The van der Waals surface area contributed by atoms with E-state index in [1.807, 2.05) is 46.3 Å². The summed E-state index contributed by atoms with van der Waals surface area (Å²) < 4.78 is 1.86. The summed E-state index contributed by atoms with van der Waals surface area (Å²) in [6, 6.07) is 13.5. The minimum absolute atomic E-state index is 0.0538. The molecule has 0 saturated carbocycles. The topological polar surface area (TPSA) is 67.6 Å². The molecular weight excluding hydrogens is 396 g/mol. The van der Waals surface area contributed by atoms with Crippen molar-refractivity contribution in [3.63, 3.8) is 0 Å². The number of pyridine rings is 1. The van der Waals surface area contributed by atoms with Gasteiger partial charge in [-0.05, 0) is 25.0 Å². The number of piperidine rings is 1. The van der Waals surface area contributed by atoms with Gasteiger partial charge in [0.25, 0.3) is 5.91 Å². The molecule has 1 amide bonds. The molecular formula is C23H20N4O2S. The smallest absolute Gasteiger partial charge is 0.271 e. The van der Waals surface area contributed by atoms with Gasteiger partial charge in [-0.3, -0.25) is 19.0 Å². The molecule has 4 aromatic rings. The molecule has 3 aromatic heterocycles. The van der Waals surface area contributed by atoms with Crippen LogP contribution < -0.4 is 0 Å². The number of benzene rings is 1. The Kier molecular flexibility index (Phi) is 4.88. The lowest BCUT2D eigenvalue weighted by molar-refractivity contribution is 0.0631. The normalized spacial score (nSPS) is 16.7. The number of nitrogens with zero attached hydrogens (tertiary/aromatic N) is 4. The molecule has 150 valence electrons. The zero-order chi connectivity index (χ0) is 20.5. The Hall–Kier alpha value is -3.32. The van der Waals surface area contributed by atoms with Gasteiger partial charge in [-0.15, -0.1) is 11.3 Å². The molecule has 0 aliphatic carbocycles. The Morgan fingerprint density at radius 1 is 1.10 bits per heavy atom. The fourth-order valence-corrected chi connectivity index (χ4v) is 4.81. The zero-order valence-corrected chi connectivity index (χ0v) is 17.1. The molecule has 0 N–H and O–H groups in total. The van der Waals surface area contributed by atoms with Crippen molar-refractivity contribution in [2.75, 3.05) is 13.1 Å². The summed E-state index contributed by atoms with van der Waals surface area (Å²) in [6.07, 6.45) is 6.78. The van der Waals surface area contributed by atoms with Crippen molar-refractivity contribution in [2.24, 2.45) is 5.92 Å². The van der Waals surface area contributed by atoms with E-state index in [0.717, 1.165) is 29.1 Å². The van der Waals surface area contributed by atoms with Crippen LogP contribution in [-0.2, 0) is 0 Å². The number of hydrogen-bond donors (Lipinski definition) is 0. The van der Waals surface area contributed by atoms with Crippen molar-refractivity contribution in [3.8, 4) is 11.3 Å². The molecule has 1 fully saturated rings. The number of thiazole rings is 1. The lowest BCUT2D eigenvalue weighted by atomic mass is 9.90. The molecule has 6 nitrogen and oxygen atoms in total. The van der Waals surface area contributed by atoms with E-state index >= 15 is 0 Å². The Morgan fingerprint density at radius 2 is 1.97 bits per heavy atom. The van der Waals surface area contributed by atoms with Gasteiger partial charge in [0.05, 0.1) is 5.69 Å². The standard InChI is InChI=1S/C23H20N4O2S/c28-21(17-8-4-10-24-12-17)18-9-5-11-26(13-18)22(29)20-15-30-23-25-19(14-27(20)23)16-6-2-1-3-7-16/h1-4,6-8,10,12,14-15,18H,5,9,11,13H2. The van der Waals surface area contributed by atoms with Crippen molar-refractivity contribution >= 4 is 28.0 Å². The van der Waals surface area contributed by atoms with Gasteiger partial charge in [0.2, 0.25) is 0 Å². The van der Waals surface area contributed by atoms with Crippen LogP contribution in [0.5, 0.6) is 0 Å². The van der Waals surface area contributed by atoms with Gasteiger partial charge in [-0.25, -0.2) is 4.98 Å². The Balaban J connectivity index is 1.38. The number of amides is 1. The third-order valence-corrected chi connectivity index (χ3v) is 6.36. The maximum Gasteiger partial charge on any atom is 0.271 e. The van der Waals surface area contributed by atoms with Gasteiger partial charge in [-0.2, -0.15) is 0 Å². The first-order valence-corrected chi connectivity index (χ1v) is 10.8. The second-order valence-corrected chi connectivity index (χ2v) is 8.30.